The van der Waals surface area contributed by atoms with Crippen LogP contribution in [0.3, 0.4) is 0 Å². The summed E-state index contributed by atoms with van der Waals surface area (Å²) < 4.78 is 5.11. The predicted octanol–water partition coefficient (Wildman–Crippen LogP) is 2.18. The first-order chi connectivity index (χ1) is 11.5. The number of benzene rings is 1. The van der Waals surface area contributed by atoms with Crippen molar-refractivity contribution in [1.29, 1.82) is 0 Å². The zero-order valence-corrected chi connectivity index (χ0v) is 13.7. The van der Waals surface area contributed by atoms with Crippen LogP contribution in [0.5, 0.6) is 0 Å². The Morgan fingerprint density at radius 3 is 2.83 bits per heavy atom. The molecule has 1 aliphatic rings. The fraction of sp³-hybridized carbons (Fsp3) is 0.278. The van der Waals surface area contributed by atoms with E-state index < -0.39 is 6.04 Å². The largest absolute Gasteiger partial charge is 0.361 e. The molecule has 24 heavy (non-hydrogen) atoms. The zero-order chi connectivity index (χ0) is 17.3. The lowest BCUT2D eigenvalue weighted by Crippen LogP contribution is -2.39. The van der Waals surface area contributed by atoms with Crippen molar-refractivity contribution < 1.29 is 14.1 Å². The molecule has 6 nitrogen and oxygen atoms in total. The molecule has 1 aromatic heterocycles. The van der Waals surface area contributed by atoms with Crippen LogP contribution in [0.15, 0.2) is 41.4 Å². The van der Waals surface area contributed by atoms with E-state index in [1.807, 2.05) is 31.2 Å². The van der Waals surface area contributed by atoms with Gasteiger partial charge in [0.2, 0.25) is 11.8 Å². The fourth-order valence-corrected chi connectivity index (χ4v) is 3.02. The third-order valence-corrected chi connectivity index (χ3v) is 4.33. The molecule has 0 aliphatic carbocycles. The highest BCUT2D eigenvalue weighted by Gasteiger charge is 2.37. The molecule has 1 aliphatic heterocycles. The first kappa shape index (κ1) is 16.0. The summed E-state index contributed by atoms with van der Waals surface area (Å²) in [5, 5.41) is 6.77. The summed E-state index contributed by atoms with van der Waals surface area (Å²) in [6.07, 6.45) is 1.24. The highest BCUT2D eigenvalue weighted by molar-refractivity contribution is 5.94. The van der Waals surface area contributed by atoms with Gasteiger partial charge in [0.15, 0.2) is 0 Å². The molecular weight excluding hydrogens is 306 g/mol. The lowest BCUT2D eigenvalue weighted by atomic mass is 10.0. The second-order valence-electron chi connectivity index (χ2n) is 5.79. The van der Waals surface area contributed by atoms with Crippen LogP contribution in [0.25, 0.3) is 0 Å². The van der Waals surface area contributed by atoms with E-state index in [1.165, 1.54) is 11.0 Å². The third-order valence-electron chi connectivity index (χ3n) is 4.33. The number of aryl methyl sites for hydroxylation is 2. The van der Waals surface area contributed by atoms with Gasteiger partial charge in [-0.1, -0.05) is 36.0 Å². The molecule has 1 unspecified atom stereocenters. The van der Waals surface area contributed by atoms with Gasteiger partial charge in [0, 0.05) is 18.7 Å². The zero-order valence-electron chi connectivity index (χ0n) is 13.7. The summed E-state index contributed by atoms with van der Waals surface area (Å²) in [6, 6.07) is 6.94. The van der Waals surface area contributed by atoms with Gasteiger partial charge in [0.05, 0.1) is 5.69 Å². The number of rotatable bonds is 4. The fourth-order valence-electron chi connectivity index (χ4n) is 3.02. The van der Waals surface area contributed by atoms with Crippen LogP contribution in [0.4, 0.5) is 0 Å². The summed E-state index contributed by atoms with van der Waals surface area (Å²) in [7, 11) is 0. The molecule has 3 rings (SSSR count). The lowest BCUT2D eigenvalue weighted by Gasteiger charge is -2.23. The Morgan fingerprint density at radius 1 is 1.42 bits per heavy atom. The molecule has 0 fully saturated rings. The van der Waals surface area contributed by atoms with Gasteiger partial charge in [-0.25, -0.2) is 0 Å². The van der Waals surface area contributed by atoms with Gasteiger partial charge >= 0.3 is 0 Å². The Bertz CT molecular complexity index is 790. The monoisotopic (exact) mass is 325 g/mol. The number of amides is 2. The molecule has 124 valence electrons. The molecule has 0 saturated carbocycles. The molecule has 2 heterocycles. The van der Waals surface area contributed by atoms with Crippen molar-refractivity contribution in [2.75, 3.05) is 0 Å². The molecular formula is C18H19N3O3. The molecule has 1 N–H and O–H groups in total. The minimum absolute atomic E-state index is 0.227. The maximum Gasteiger partial charge on any atom is 0.247 e. The number of hydrogen-bond acceptors (Lipinski definition) is 4. The number of nitrogens with one attached hydrogen (secondary N) is 1. The van der Waals surface area contributed by atoms with Crippen molar-refractivity contribution in [3.05, 3.63) is 65.1 Å². The summed E-state index contributed by atoms with van der Waals surface area (Å²) >= 11 is 0. The normalized spacial score (nSPS) is 15.9. The van der Waals surface area contributed by atoms with E-state index in [0.29, 0.717) is 18.8 Å². The van der Waals surface area contributed by atoms with Crippen molar-refractivity contribution >= 4 is 11.8 Å². The van der Waals surface area contributed by atoms with E-state index in [4.69, 9.17) is 4.52 Å². The number of carbonyl (C=O) groups is 2. The molecule has 1 atom stereocenters. The maximum atomic E-state index is 12.8. The average molecular weight is 325 g/mol. The summed E-state index contributed by atoms with van der Waals surface area (Å²) in [4.78, 5) is 26.4. The quantitative estimate of drug-likeness (QED) is 0.874. The minimum Gasteiger partial charge on any atom is -0.361 e. The second kappa shape index (κ2) is 6.31. The molecule has 0 spiro atoms. The number of aromatic nitrogens is 1. The Kier molecular flexibility index (Phi) is 4.20. The third kappa shape index (κ3) is 2.71. The van der Waals surface area contributed by atoms with Crippen molar-refractivity contribution in [3.63, 3.8) is 0 Å². The van der Waals surface area contributed by atoms with Crippen LogP contribution in [-0.2, 0) is 22.7 Å². The van der Waals surface area contributed by atoms with Crippen LogP contribution < -0.4 is 5.32 Å². The number of carbonyl (C=O) groups excluding carboxylic acids is 2. The van der Waals surface area contributed by atoms with Crippen molar-refractivity contribution in [1.82, 2.24) is 15.4 Å². The number of nitrogens with zero attached hydrogens (tertiary/aromatic N) is 2. The van der Waals surface area contributed by atoms with Crippen molar-refractivity contribution in [2.24, 2.45) is 0 Å². The Hall–Kier alpha value is -2.89. The summed E-state index contributed by atoms with van der Waals surface area (Å²) in [5.41, 5.74) is 3.43. The first-order valence-electron chi connectivity index (χ1n) is 7.73. The highest BCUT2D eigenvalue weighted by Crippen LogP contribution is 2.34. The van der Waals surface area contributed by atoms with Crippen LogP contribution in [-0.4, -0.2) is 21.9 Å². The predicted molar refractivity (Wildman–Crippen MR) is 87.8 cm³/mol. The van der Waals surface area contributed by atoms with E-state index in [1.54, 1.807) is 6.92 Å². The topological polar surface area (TPSA) is 75.4 Å². The van der Waals surface area contributed by atoms with Gasteiger partial charge < -0.3 is 14.7 Å². The van der Waals surface area contributed by atoms with E-state index in [2.05, 4.69) is 17.1 Å². The maximum absolute atomic E-state index is 12.8. The van der Waals surface area contributed by atoms with Gasteiger partial charge in [-0.3, -0.25) is 9.59 Å². The van der Waals surface area contributed by atoms with E-state index in [9.17, 15) is 9.59 Å². The van der Waals surface area contributed by atoms with E-state index in [0.717, 1.165) is 22.4 Å². The summed E-state index contributed by atoms with van der Waals surface area (Å²) in [5.74, 6) is 0.192. The van der Waals surface area contributed by atoms with Crippen LogP contribution in [0, 0.1) is 13.8 Å². The van der Waals surface area contributed by atoms with Gasteiger partial charge in [-0.05, 0) is 31.1 Å². The molecule has 2 amide bonds. The molecule has 0 radical (unpaired) electrons. The Balaban J connectivity index is 1.83. The van der Waals surface area contributed by atoms with Gasteiger partial charge in [0.25, 0.3) is 0 Å². The molecule has 0 bridgehead atoms. The van der Waals surface area contributed by atoms with Crippen molar-refractivity contribution in [3.8, 4) is 0 Å². The van der Waals surface area contributed by atoms with Gasteiger partial charge in [-0.15, -0.1) is 0 Å². The average Bonchev–Trinajstić information content (AvgIpc) is 3.12. The first-order valence-corrected chi connectivity index (χ1v) is 7.73. The number of hydrogen-bond donors (Lipinski definition) is 1. The van der Waals surface area contributed by atoms with Crippen LogP contribution >= 0.6 is 0 Å². The minimum atomic E-state index is -0.646. The van der Waals surface area contributed by atoms with Crippen molar-refractivity contribution in [2.45, 2.75) is 33.0 Å². The van der Waals surface area contributed by atoms with Gasteiger partial charge in [0.1, 0.15) is 11.8 Å². The van der Waals surface area contributed by atoms with Crippen LogP contribution in [0.2, 0.25) is 0 Å². The smallest absolute Gasteiger partial charge is 0.247 e. The Labute approximate surface area is 140 Å². The lowest BCUT2D eigenvalue weighted by molar-refractivity contribution is -0.137. The van der Waals surface area contributed by atoms with Crippen LogP contribution in [0.1, 0.15) is 34.2 Å². The number of fused-ring (bicyclic) bond motifs is 1. The van der Waals surface area contributed by atoms with E-state index >= 15 is 0 Å². The molecule has 1 aromatic carbocycles. The van der Waals surface area contributed by atoms with E-state index in [-0.39, 0.29) is 11.8 Å². The van der Waals surface area contributed by atoms with Gasteiger partial charge in [-0.2, -0.15) is 0 Å². The molecule has 0 saturated heterocycles. The second-order valence-corrected chi connectivity index (χ2v) is 5.79. The highest BCUT2D eigenvalue weighted by atomic mass is 16.5. The standard InChI is InChI=1S/C18H19N3O3/c1-4-16(22)21-10-13-7-5-6-8-14(13)17(21)18(23)19-9-15-11(2)20-24-12(15)3/h4-8,17H,1,9-10H2,2-3H3,(H,19,23). The summed E-state index contributed by atoms with van der Waals surface area (Å²) in [6.45, 7) is 7.88. The Morgan fingerprint density at radius 2 is 2.17 bits per heavy atom. The molecule has 2 aromatic rings. The molecule has 6 heteroatoms. The SMILES string of the molecule is C=CC(=O)N1Cc2ccccc2C1C(=O)NCc1c(C)noc1C.